The molecule has 0 spiro atoms. The largest absolute Gasteiger partial charge is 0.299 e. The van der Waals surface area contributed by atoms with E-state index < -0.39 is 0 Å². The maximum atomic E-state index is 11.8. The van der Waals surface area contributed by atoms with E-state index in [1.54, 1.807) is 0 Å². The van der Waals surface area contributed by atoms with Gasteiger partial charge in [0, 0.05) is 17.4 Å². The standard InChI is InChI=1S/C14H16N2O2S/c17-13-6-5-11(14(18)16-13)15-10-7-8-19-12-4-2-1-3-9(10)12/h1-4,10-11,15H,5-8H2,(H,16,17,18). The second kappa shape index (κ2) is 5.35. The molecule has 2 aliphatic heterocycles. The number of carbonyl (C=O) groups is 2. The lowest BCUT2D eigenvalue weighted by atomic mass is 9.99. The summed E-state index contributed by atoms with van der Waals surface area (Å²) in [7, 11) is 0. The molecule has 2 heterocycles. The number of rotatable bonds is 2. The molecule has 0 aliphatic carbocycles. The molecule has 0 aromatic heterocycles. The van der Waals surface area contributed by atoms with Gasteiger partial charge in [0.1, 0.15) is 0 Å². The van der Waals surface area contributed by atoms with Crippen molar-refractivity contribution < 1.29 is 9.59 Å². The molecule has 1 saturated heterocycles. The minimum atomic E-state index is -0.251. The molecule has 1 aromatic rings. The number of hydrogen-bond acceptors (Lipinski definition) is 4. The van der Waals surface area contributed by atoms with E-state index in [1.165, 1.54) is 10.5 Å². The van der Waals surface area contributed by atoms with Gasteiger partial charge in [-0.3, -0.25) is 20.2 Å². The summed E-state index contributed by atoms with van der Waals surface area (Å²) in [4.78, 5) is 24.2. The molecule has 2 atom stereocenters. The van der Waals surface area contributed by atoms with E-state index in [0.29, 0.717) is 12.8 Å². The number of piperidine rings is 1. The predicted molar refractivity (Wildman–Crippen MR) is 73.8 cm³/mol. The molecule has 19 heavy (non-hydrogen) atoms. The maximum absolute atomic E-state index is 11.8. The van der Waals surface area contributed by atoms with Crippen LogP contribution < -0.4 is 10.6 Å². The Bertz CT molecular complexity index is 518. The topological polar surface area (TPSA) is 58.2 Å². The summed E-state index contributed by atoms with van der Waals surface area (Å²) in [5, 5.41) is 5.80. The van der Waals surface area contributed by atoms with Gasteiger partial charge in [-0.2, -0.15) is 0 Å². The monoisotopic (exact) mass is 276 g/mol. The molecule has 2 N–H and O–H groups in total. The van der Waals surface area contributed by atoms with Crippen molar-refractivity contribution in [3.05, 3.63) is 29.8 Å². The first kappa shape index (κ1) is 12.7. The number of benzene rings is 1. The van der Waals surface area contributed by atoms with Gasteiger partial charge in [-0.05, 0) is 30.2 Å². The number of carbonyl (C=O) groups excluding carboxylic acids is 2. The van der Waals surface area contributed by atoms with Gasteiger partial charge < -0.3 is 0 Å². The average Bonchev–Trinajstić information content (AvgIpc) is 2.42. The second-order valence-corrected chi connectivity index (χ2v) is 6.03. The zero-order chi connectivity index (χ0) is 13.2. The van der Waals surface area contributed by atoms with Gasteiger partial charge >= 0.3 is 0 Å². The van der Waals surface area contributed by atoms with Crippen LogP contribution in [0.15, 0.2) is 29.2 Å². The van der Waals surface area contributed by atoms with Crippen molar-refractivity contribution in [2.75, 3.05) is 5.75 Å². The van der Waals surface area contributed by atoms with Crippen molar-refractivity contribution in [1.29, 1.82) is 0 Å². The minimum absolute atomic E-state index is 0.164. The predicted octanol–water partition coefficient (Wildman–Crippen LogP) is 1.62. The molecule has 0 bridgehead atoms. The van der Waals surface area contributed by atoms with Crippen LogP contribution in [-0.4, -0.2) is 23.6 Å². The summed E-state index contributed by atoms with van der Waals surface area (Å²) in [5.41, 5.74) is 1.27. The van der Waals surface area contributed by atoms with Gasteiger partial charge in [-0.15, -0.1) is 11.8 Å². The Balaban J connectivity index is 1.74. The number of nitrogens with one attached hydrogen (secondary N) is 2. The van der Waals surface area contributed by atoms with Crippen molar-refractivity contribution >= 4 is 23.6 Å². The highest BCUT2D eigenvalue weighted by Gasteiger charge is 2.30. The first-order chi connectivity index (χ1) is 9.24. The summed E-state index contributed by atoms with van der Waals surface area (Å²) in [6.07, 6.45) is 2.03. The molecule has 1 fully saturated rings. The lowest BCUT2D eigenvalue weighted by Crippen LogP contribution is -2.51. The van der Waals surface area contributed by atoms with Crippen LogP contribution in [0.5, 0.6) is 0 Å². The van der Waals surface area contributed by atoms with E-state index in [1.807, 2.05) is 23.9 Å². The van der Waals surface area contributed by atoms with Crippen molar-refractivity contribution in [1.82, 2.24) is 10.6 Å². The Morgan fingerprint density at radius 2 is 2.00 bits per heavy atom. The third-order valence-electron chi connectivity index (χ3n) is 3.60. The first-order valence-corrected chi connectivity index (χ1v) is 7.54. The Hall–Kier alpha value is -1.33. The highest BCUT2D eigenvalue weighted by molar-refractivity contribution is 7.99. The Morgan fingerprint density at radius 1 is 1.16 bits per heavy atom. The third-order valence-corrected chi connectivity index (χ3v) is 4.72. The van der Waals surface area contributed by atoms with E-state index in [2.05, 4.69) is 22.8 Å². The van der Waals surface area contributed by atoms with Gasteiger partial charge in [0.2, 0.25) is 11.8 Å². The van der Waals surface area contributed by atoms with Crippen LogP contribution in [0.1, 0.15) is 30.9 Å². The number of amides is 2. The quantitative estimate of drug-likeness (QED) is 0.806. The van der Waals surface area contributed by atoms with Crippen LogP contribution in [0.3, 0.4) is 0 Å². The SMILES string of the molecule is O=C1CCC(NC2CCSc3ccccc32)C(=O)N1. The Kier molecular flexibility index (Phi) is 3.57. The smallest absolute Gasteiger partial charge is 0.243 e. The van der Waals surface area contributed by atoms with Crippen molar-refractivity contribution in [2.24, 2.45) is 0 Å². The molecular formula is C14H16N2O2S. The fraction of sp³-hybridized carbons (Fsp3) is 0.429. The lowest BCUT2D eigenvalue weighted by Gasteiger charge is -2.31. The van der Waals surface area contributed by atoms with E-state index in [4.69, 9.17) is 0 Å². The average molecular weight is 276 g/mol. The van der Waals surface area contributed by atoms with Crippen LogP contribution >= 0.6 is 11.8 Å². The summed E-state index contributed by atoms with van der Waals surface area (Å²) in [6, 6.07) is 8.27. The molecular weight excluding hydrogens is 260 g/mol. The van der Waals surface area contributed by atoms with Gasteiger partial charge in [-0.1, -0.05) is 18.2 Å². The highest BCUT2D eigenvalue weighted by atomic mass is 32.2. The Morgan fingerprint density at radius 3 is 2.84 bits per heavy atom. The fourth-order valence-corrected chi connectivity index (χ4v) is 3.74. The summed E-state index contributed by atoms with van der Waals surface area (Å²) in [6.45, 7) is 0. The van der Waals surface area contributed by atoms with Gasteiger partial charge in [0.25, 0.3) is 0 Å². The summed E-state index contributed by atoms with van der Waals surface area (Å²) in [5.74, 6) is 0.705. The zero-order valence-electron chi connectivity index (χ0n) is 10.5. The molecule has 0 saturated carbocycles. The van der Waals surface area contributed by atoms with Gasteiger partial charge in [0.15, 0.2) is 0 Å². The fourth-order valence-electron chi connectivity index (χ4n) is 2.61. The van der Waals surface area contributed by atoms with E-state index >= 15 is 0 Å². The molecule has 3 rings (SSSR count). The van der Waals surface area contributed by atoms with Crippen LogP contribution in [-0.2, 0) is 9.59 Å². The number of imide groups is 1. The molecule has 1 aromatic carbocycles. The van der Waals surface area contributed by atoms with Crippen LogP contribution in [0.25, 0.3) is 0 Å². The summed E-state index contributed by atoms with van der Waals surface area (Å²) < 4.78 is 0. The second-order valence-electron chi connectivity index (χ2n) is 4.90. The van der Waals surface area contributed by atoms with Crippen LogP contribution in [0, 0.1) is 0 Å². The summed E-state index contributed by atoms with van der Waals surface area (Å²) >= 11 is 1.86. The van der Waals surface area contributed by atoms with E-state index in [9.17, 15) is 9.59 Å². The molecule has 2 aliphatic rings. The lowest BCUT2D eigenvalue weighted by molar-refractivity contribution is -0.134. The van der Waals surface area contributed by atoms with Gasteiger partial charge in [0.05, 0.1) is 6.04 Å². The number of fused-ring (bicyclic) bond motifs is 1. The van der Waals surface area contributed by atoms with E-state index in [0.717, 1.165) is 12.2 Å². The first-order valence-electron chi connectivity index (χ1n) is 6.55. The minimum Gasteiger partial charge on any atom is -0.299 e. The van der Waals surface area contributed by atoms with Crippen molar-refractivity contribution in [3.8, 4) is 0 Å². The Labute approximate surface area is 116 Å². The molecule has 100 valence electrons. The van der Waals surface area contributed by atoms with Crippen molar-refractivity contribution in [2.45, 2.75) is 36.2 Å². The number of thioether (sulfide) groups is 1. The highest BCUT2D eigenvalue weighted by Crippen LogP contribution is 2.36. The molecule has 4 nitrogen and oxygen atoms in total. The number of hydrogen-bond donors (Lipinski definition) is 2. The van der Waals surface area contributed by atoms with Crippen LogP contribution in [0.2, 0.25) is 0 Å². The zero-order valence-corrected chi connectivity index (χ0v) is 11.3. The molecule has 5 heteroatoms. The third kappa shape index (κ3) is 2.67. The normalized spacial score (nSPS) is 26.7. The molecule has 0 radical (unpaired) electrons. The van der Waals surface area contributed by atoms with Crippen molar-refractivity contribution in [3.63, 3.8) is 0 Å². The van der Waals surface area contributed by atoms with Gasteiger partial charge in [-0.25, -0.2) is 0 Å². The van der Waals surface area contributed by atoms with E-state index in [-0.39, 0.29) is 23.9 Å². The molecule has 2 unspecified atom stereocenters. The van der Waals surface area contributed by atoms with Crippen LogP contribution in [0.4, 0.5) is 0 Å². The maximum Gasteiger partial charge on any atom is 0.243 e. The molecule has 2 amide bonds.